The Labute approximate surface area is 310 Å². The van der Waals surface area contributed by atoms with E-state index in [0.717, 1.165) is 36.2 Å². The van der Waals surface area contributed by atoms with Crippen molar-refractivity contribution in [3.05, 3.63) is 121 Å². The fourth-order valence-corrected chi connectivity index (χ4v) is 3.79. The molecule has 282 valence electrons. The Kier molecular flexibility index (Phi) is 48.5. The Hall–Kier alpha value is -3.06. The molecule has 1 heteroatoms. The van der Waals surface area contributed by atoms with E-state index < -0.39 is 0 Å². The Balaban J connectivity index is -0.000000222. The third kappa shape index (κ3) is 36.1. The molecule has 0 aromatic heterocycles. The van der Waals surface area contributed by atoms with Gasteiger partial charge in [-0.1, -0.05) is 175 Å². The zero-order valence-electron chi connectivity index (χ0n) is 35.6. The zero-order valence-corrected chi connectivity index (χ0v) is 35.6. The Morgan fingerprint density at radius 1 is 0.673 bits per heavy atom. The van der Waals surface area contributed by atoms with E-state index in [1.54, 1.807) is 0 Å². The van der Waals surface area contributed by atoms with Crippen molar-refractivity contribution in [3.63, 3.8) is 0 Å². The maximum absolute atomic E-state index is 4.28. The largest absolute Gasteiger partial charge is 0.355 e. The number of rotatable bonds is 18. The molecule has 1 nitrogen and oxygen atoms in total. The van der Waals surface area contributed by atoms with Gasteiger partial charge in [-0.15, -0.1) is 6.58 Å². The van der Waals surface area contributed by atoms with Crippen molar-refractivity contribution in [1.82, 2.24) is 0 Å². The summed E-state index contributed by atoms with van der Waals surface area (Å²) in [6, 6.07) is 6.45. The first-order valence-corrected chi connectivity index (χ1v) is 19.6. The van der Waals surface area contributed by atoms with Gasteiger partial charge in [0, 0.05) is 11.4 Å². The van der Waals surface area contributed by atoms with E-state index in [9.17, 15) is 0 Å². The number of unbranched alkanes of at least 4 members (excludes halogenated alkanes) is 5. The average Bonchev–Trinajstić information content (AvgIpc) is 3.11. The second-order valence-electron chi connectivity index (χ2n) is 11.8. The van der Waals surface area contributed by atoms with E-state index in [1.807, 2.05) is 59.8 Å². The van der Waals surface area contributed by atoms with Gasteiger partial charge in [0.25, 0.3) is 0 Å². The molecule has 0 aliphatic carbocycles. The summed E-state index contributed by atoms with van der Waals surface area (Å²) in [5.41, 5.74) is 10.4. The van der Waals surface area contributed by atoms with Crippen LogP contribution in [0.1, 0.15) is 178 Å². The average molecular weight is 676 g/mol. The fourth-order valence-electron chi connectivity index (χ4n) is 3.79. The van der Waals surface area contributed by atoms with E-state index >= 15 is 0 Å². The topological polar surface area (TPSA) is 12.0 Å². The summed E-state index contributed by atoms with van der Waals surface area (Å²) in [6.45, 7) is 49.5. The fraction of sp³-hybridized carbons (Fsp3) is 0.542. The highest BCUT2D eigenvalue weighted by molar-refractivity contribution is 5.70. The van der Waals surface area contributed by atoms with E-state index in [0.29, 0.717) is 0 Å². The first-order valence-electron chi connectivity index (χ1n) is 19.6. The van der Waals surface area contributed by atoms with E-state index in [-0.39, 0.29) is 0 Å². The molecule has 0 unspecified atom stereocenters. The first-order chi connectivity index (χ1) is 23.4. The third-order valence-corrected chi connectivity index (χ3v) is 7.24. The van der Waals surface area contributed by atoms with Crippen molar-refractivity contribution < 1.29 is 0 Å². The lowest BCUT2D eigenvalue weighted by molar-refractivity contribution is 0.689. The standard InChI is InChI=1S/C24H33N.C12H20.2C4H10.2C2H6/c1-8-12-19(4)22(7)25-24-17-23(16-15-21(24)6)20(5)14-11-9-10-13-18(2)3;1-5-8-10-12(7-3)11(4)9-6-2;2*1-3-4-2;2*1-2/h8,12,15-17,25H,2,4-5,7,9-11,13-14H2,1,3,6H3;6-7,9H,3,5,8,10H2,1-2,4H3;2*3-4H2,1-2H3;2*1-2H3/b12-8-;9-6-,12-11+;;;;. The maximum Gasteiger partial charge on any atom is 0.0420 e. The number of aryl methyl sites for hydroxylation is 1. The highest BCUT2D eigenvalue weighted by Gasteiger charge is 2.06. The van der Waals surface area contributed by atoms with Gasteiger partial charge >= 0.3 is 0 Å². The molecule has 0 heterocycles. The Morgan fingerprint density at radius 3 is 1.61 bits per heavy atom. The van der Waals surface area contributed by atoms with Gasteiger partial charge in [0.05, 0.1) is 0 Å². The number of allylic oxidation sites excluding steroid dienone is 9. The zero-order chi connectivity index (χ0) is 39.0. The van der Waals surface area contributed by atoms with Gasteiger partial charge in [0.2, 0.25) is 0 Å². The molecule has 0 spiro atoms. The number of nitrogens with one attached hydrogen (secondary N) is 1. The molecule has 1 aromatic carbocycles. The minimum absolute atomic E-state index is 0.823. The molecule has 0 aliphatic heterocycles. The van der Waals surface area contributed by atoms with Crippen LogP contribution in [0.4, 0.5) is 5.69 Å². The van der Waals surface area contributed by atoms with Crippen LogP contribution in [-0.2, 0) is 0 Å². The van der Waals surface area contributed by atoms with Gasteiger partial charge in [-0.25, -0.2) is 0 Å². The maximum atomic E-state index is 4.28. The molecule has 1 aromatic rings. The molecule has 0 saturated heterocycles. The summed E-state index contributed by atoms with van der Waals surface area (Å²) < 4.78 is 0. The molecular weight excluding hydrogens is 591 g/mol. The molecule has 0 radical (unpaired) electrons. The first kappa shape index (κ1) is 55.4. The van der Waals surface area contributed by atoms with Crippen molar-refractivity contribution in [2.45, 2.75) is 174 Å². The lowest BCUT2D eigenvalue weighted by atomic mass is 9.98. The van der Waals surface area contributed by atoms with Crippen LogP contribution in [-0.4, -0.2) is 0 Å². The van der Waals surface area contributed by atoms with Crippen LogP contribution in [0.5, 0.6) is 0 Å². The van der Waals surface area contributed by atoms with Crippen LogP contribution >= 0.6 is 0 Å². The highest BCUT2D eigenvalue weighted by atomic mass is 14.9. The van der Waals surface area contributed by atoms with Crippen LogP contribution in [0.15, 0.2) is 109 Å². The molecule has 0 amide bonds. The van der Waals surface area contributed by atoms with Crippen molar-refractivity contribution in [3.8, 4) is 0 Å². The SMILES string of the molecule is C=C(C)CCCCCC(=C)c1ccc(C)c(NC(=C)C(=C)/C=C\C)c1.C=C/C(CCCC)=C(C)\C=C/C.CC.CC.CCCC.CCCC. The molecule has 0 aliphatic rings. The van der Waals surface area contributed by atoms with Crippen LogP contribution in [0, 0.1) is 6.92 Å². The summed E-state index contributed by atoms with van der Waals surface area (Å²) >= 11 is 0. The summed E-state index contributed by atoms with van der Waals surface area (Å²) in [7, 11) is 0. The molecule has 0 bridgehead atoms. The molecule has 0 atom stereocenters. The summed E-state index contributed by atoms with van der Waals surface area (Å²) in [5, 5.41) is 3.38. The number of hydrogen-bond acceptors (Lipinski definition) is 1. The lowest BCUT2D eigenvalue weighted by Crippen LogP contribution is -2.01. The van der Waals surface area contributed by atoms with Crippen LogP contribution in [0.3, 0.4) is 0 Å². The van der Waals surface area contributed by atoms with E-state index in [4.69, 9.17) is 0 Å². The second kappa shape index (κ2) is 43.0. The van der Waals surface area contributed by atoms with Gasteiger partial charge in [-0.3, -0.25) is 0 Å². The lowest BCUT2D eigenvalue weighted by Gasteiger charge is -2.15. The number of benzene rings is 1. The third-order valence-electron chi connectivity index (χ3n) is 7.24. The van der Waals surface area contributed by atoms with Crippen LogP contribution < -0.4 is 5.32 Å². The van der Waals surface area contributed by atoms with Crippen LogP contribution in [0.25, 0.3) is 5.57 Å². The quantitative estimate of drug-likeness (QED) is 0.0927. The predicted molar refractivity (Wildman–Crippen MR) is 236 cm³/mol. The Morgan fingerprint density at radius 2 is 1.18 bits per heavy atom. The monoisotopic (exact) mass is 676 g/mol. The normalized spacial score (nSPS) is 10.2. The van der Waals surface area contributed by atoms with Gasteiger partial charge < -0.3 is 5.32 Å². The number of hydrogen-bond donors (Lipinski definition) is 1. The van der Waals surface area contributed by atoms with Gasteiger partial charge in [-0.2, -0.15) is 0 Å². The Bertz CT molecular complexity index is 1050. The molecule has 0 saturated carbocycles. The van der Waals surface area contributed by atoms with Crippen molar-refractivity contribution >= 4 is 11.3 Å². The summed E-state index contributed by atoms with van der Waals surface area (Å²) in [5.74, 6) is 0. The highest BCUT2D eigenvalue weighted by Crippen LogP contribution is 2.26. The van der Waals surface area contributed by atoms with Crippen molar-refractivity contribution in [2.24, 2.45) is 0 Å². The molecule has 49 heavy (non-hydrogen) atoms. The smallest absolute Gasteiger partial charge is 0.0420 e. The van der Waals surface area contributed by atoms with Crippen LogP contribution in [0.2, 0.25) is 0 Å². The van der Waals surface area contributed by atoms with E-state index in [1.165, 1.54) is 91.2 Å². The summed E-state index contributed by atoms with van der Waals surface area (Å²) in [4.78, 5) is 0. The van der Waals surface area contributed by atoms with Gasteiger partial charge in [0.1, 0.15) is 0 Å². The van der Waals surface area contributed by atoms with Gasteiger partial charge in [0.15, 0.2) is 0 Å². The molecule has 0 fully saturated rings. The van der Waals surface area contributed by atoms with E-state index in [2.05, 4.69) is 124 Å². The van der Waals surface area contributed by atoms with Crippen molar-refractivity contribution in [1.29, 1.82) is 0 Å². The summed E-state index contributed by atoms with van der Waals surface area (Å²) in [6.07, 6.45) is 24.8. The second-order valence-corrected chi connectivity index (χ2v) is 11.8. The molecular formula is C48H85N. The molecule has 1 N–H and O–H groups in total. The molecule has 1 rings (SSSR count). The minimum atomic E-state index is 0.823. The van der Waals surface area contributed by atoms with Crippen molar-refractivity contribution in [2.75, 3.05) is 5.32 Å². The predicted octanol–water partition coefficient (Wildman–Crippen LogP) is 17.5. The number of anilines is 1. The van der Waals surface area contributed by atoms with Gasteiger partial charge in [-0.05, 0) is 113 Å². The minimum Gasteiger partial charge on any atom is -0.355 e.